The summed E-state index contributed by atoms with van der Waals surface area (Å²) in [7, 11) is 3.48. The summed E-state index contributed by atoms with van der Waals surface area (Å²) in [6, 6.07) is 2.08. The minimum atomic E-state index is -0.0207. The van der Waals surface area contributed by atoms with Crippen LogP contribution in [-0.4, -0.2) is 73.0 Å². The number of hydrogen-bond donors (Lipinski definition) is 2. The molecule has 152 valence electrons. The second-order valence-electron chi connectivity index (χ2n) is 7.25. The first-order valence-electron chi connectivity index (χ1n) is 9.80. The Labute approximate surface area is 162 Å². The zero-order chi connectivity index (χ0) is 19.6. The van der Waals surface area contributed by atoms with Gasteiger partial charge in [0.05, 0.1) is 11.8 Å². The molecule has 1 atom stereocenters. The second-order valence-corrected chi connectivity index (χ2v) is 7.25. The van der Waals surface area contributed by atoms with E-state index in [9.17, 15) is 4.79 Å². The SMILES string of the molecule is Cc1cc(C)n(CCCNC(=NCC(=O)N(C)C)NCC2CCCCO2)n1. The van der Waals surface area contributed by atoms with Crippen molar-refractivity contribution >= 4 is 11.9 Å². The van der Waals surface area contributed by atoms with Crippen LogP contribution in [0.3, 0.4) is 0 Å². The molecule has 0 aromatic carbocycles. The molecule has 0 saturated carbocycles. The summed E-state index contributed by atoms with van der Waals surface area (Å²) in [6.45, 7) is 7.34. The first-order valence-corrected chi connectivity index (χ1v) is 9.80. The van der Waals surface area contributed by atoms with Gasteiger partial charge in [-0.25, -0.2) is 4.99 Å². The lowest BCUT2D eigenvalue weighted by molar-refractivity contribution is -0.127. The van der Waals surface area contributed by atoms with Crippen LogP contribution in [0.5, 0.6) is 0 Å². The van der Waals surface area contributed by atoms with Gasteiger partial charge in [-0.05, 0) is 45.6 Å². The molecule has 8 heteroatoms. The van der Waals surface area contributed by atoms with E-state index in [4.69, 9.17) is 4.74 Å². The van der Waals surface area contributed by atoms with E-state index in [-0.39, 0.29) is 18.6 Å². The molecule has 2 heterocycles. The number of carbonyl (C=O) groups is 1. The summed E-state index contributed by atoms with van der Waals surface area (Å²) >= 11 is 0. The Morgan fingerprint density at radius 3 is 2.81 bits per heavy atom. The van der Waals surface area contributed by atoms with Crippen LogP contribution >= 0.6 is 0 Å². The molecule has 1 fully saturated rings. The summed E-state index contributed by atoms with van der Waals surface area (Å²) < 4.78 is 7.78. The Bertz CT molecular complexity index is 620. The van der Waals surface area contributed by atoms with Gasteiger partial charge in [-0.3, -0.25) is 9.48 Å². The van der Waals surface area contributed by atoms with E-state index in [1.807, 2.05) is 11.6 Å². The summed E-state index contributed by atoms with van der Waals surface area (Å²) in [4.78, 5) is 17.8. The van der Waals surface area contributed by atoms with Gasteiger partial charge < -0.3 is 20.3 Å². The van der Waals surface area contributed by atoms with Gasteiger partial charge in [0.2, 0.25) is 5.91 Å². The van der Waals surface area contributed by atoms with Crippen molar-refractivity contribution in [1.82, 2.24) is 25.3 Å². The van der Waals surface area contributed by atoms with Crippen molar-refractivity contribution in [1.29, 1.82) is 0 Å². The molecular weight excluding hydrogens is 344 g/mol. The number of amides is 1. The number of nitrogens with zero attached hydrogens (tertiary/aromatic N) is 4. The molecule has 8 nitrogen and oxygen atoms in total. The minimum absolute atomic E-state index is 0.0207. The first-order chi connectivity index (χ1) is 13.0. The zero-order valence-corrected chi connectivity index (χ0v) is 17.1. The standard InChI is InChI=1S/C19H34N6O2/c1-15-12-16(2)25(23-15)10-7-9-20-19(22-14-18(26)24(3)4)21-13-17-8-5-6-11-27-17/h12,17H,5-11,13-14H2,1-4H3,(H2,20,21,22). The van der Waals surface area contributed by atoms with Crippen LogP contribution < -0.4 is 10.6 Å². The third-order valence-electron chi connectivity index (χ3n) is 4.58. The van der Waals surface area contributed by atoms with Crippen molar-refractivity contribution < 1.29 is 9.53 Å². The van der Waals surface area contributed by atoms with Gasteiger partial charge in [0.1, 0.15) is 6.54 Å². The van der Waals surface area contributed by atoms with Crippen molar-refractivity contribution in [2.45, 2.75) is 52.2 Å². The molecule has 1 amide bonds. The van der Waals surface area contributed by atoms with E-state index in [1.54, 1.807) is 19.0 Å². The van der Waals surface area contributed by atoms with Crippen LogP contribution in [0.2, 0.25) is 0 Å². The predicted octanol–water partition coefficient (Wildman–Crippen LogP) is 1.08. The van der Waals surface area contributed by atoms with E-state index in [0.717, 1.165) is 44.7 Å². The van der Waals surface area contributed by atoms with E-state index in [1.165, 1.54) is 12.1 Å². The molecule has 1 aromatic heterocycles. The molecular formula is C19H34N6O2. The predicted molar refractivity (Wildman–Crippen MR) is 107 cm³/mol. The topological polar surface area (TPSA) is 83.8 Å². The number of likely N-dealkylation sites (N-methyl/N-ethyl adjacent to an activating group) is 1. The van der Waals surface area contributed by atoms with Gasteiger partial charge in [-0.15, -0.1) is 0 Å². The minimum Gasteiger partial charge on any atom is -0.376 e. The Morgan fingerprint density at radius 2 is 2.19 bits per heavy atom. The Kier molecular flexibility index (Phi) is 8.57. The molecule has 0 radical (unpaired) electrons. The summed E-state index contributed by atoms with van der Waals surface area (Å²) in [6.07, 6.45) is 4.54. The van der Waals surface area contributed by atoms with Crippen molar-refractivity contribution in [3.05, 3.63) is 17.5 Å². The van der Waals surface area contributed by atoms with E-state index in [2.05, 4.69) is 33.7 Å². The Hall–Kier alpha value is -2.09. The number of carbonyl (C=O) groups excluding carboxylic acids is 1. The number of nitrogens with one attached hydrogen (secondary N) is 2. The van der Waals surface area contributed by atoms with E-state index < -0.39 is 0 Å². The number of aryl methyl sites for hydroxylation is 3. The molecule has 1 aliphatic rings. The van der Waals surface area contributed by atoms with Crippen LogP contribution in [0.4, 0.5) is 0 Å². The van der Waals surface area contributed by atoms with Gasteiger partial charge in [-0.2, -0.15) is 5.10 Å². The third-order valence-corrected chi connectivity index (χ3v) is 4.58. The maximum atomic E-state index is 11.8. The van der Waals surface area contributed by atoms with E-state index in [0.29, 0.717) is 12.5 Å². The fraction of sp³-hybridized carbons (Fsp3) is 0.737. The monoisotopic (exact) mass is 378 g/mol. The first kappa shape index (κ1) is 21.2. The Morgan fingerprint density at radius 1 is 1.37 bits per heavy atom. The van der Waals surface area contributed by atoms with Gasteiger partial charge >= 0.3 is 0 Å². The van der Waals surface area contributed by atoms with Crippen molar-refractivity contribution in [2.24, 2.45) is 4.99 Å². The molecule has 2 N–H and O–H groups in total. The van der Waals surface area contributed by atoms with Gasteiger partial charge in [0, 0.05) is 46.0 Å². The number of rotatable bonds is 8. The smallest absolute Gasteiger partial charge is 0.243 e. The maximum absolute atomic E-state index is 11.8. The highest BCUT2D eigenvalue weighted by molar-refractivity contribution is 5.84. The molecule has 1 unspecified atom stereocenters. The number of hydrogen-bond acceptors (Lipinski definition) is 4. The lowest BCUT2D eigenvalue weighted by atomic mass is 10.1. The fourth-order valence-electron chi connectivity index (χ4n) is 2.98. The number of aromatic nitrogens is 2. The lowest BCUT2D eigenvalue weighted by Crippen LogP contribution is -2.43. The van der Waals surface area contributed by atoms with Gasteiger partial charge in [-0.1, -0.05) is 0 Å². The third kappa shape index (κ3) is 7.58. The largest absolute Gasteiger partial charge is 0.376 e. The second kappa shape index (κ2) is 10.9. The van der Waals surface area contributed by atoms with Crippen LogP contribution in [0.1, 0.15) is 37.1 Å². The molecule has 1 aliphatic heterocycles. The maximum Gasteiger partial charge on any atom is 0.243 e. The van der Waals surface area contributed by atoms with Crippen molar-refractivity contribution in [3.8, 4) is 0 Å². The van der Waals surface area contributed by atoms with Gasteiger partial charge in [0.15, 0.2) is 5.96 Å². The normalized spacial score (nSPS) is 17.6. The summed E-state index contributed by atoms with van der Waals surface area (Å²) in [5.74, 6) is 0.639. The average Bonchev–Trinajstić information content (AvgIpc) is 2.97. The average molecular weight is 379 g/mol. The highest BCUT2D eigenvalue weighted by Crippen LogP contribution is 2.11. The molecule has 1 aromatic rings. The van der Waals surface area contributed by atoms with Gasteiger partial charge in [0.25, 0.3) is 0 Å². The quantitative estimate of drug-likeness (QED) is 0.402. The van der Waals surface area contributed by atoms with Crippen molar-refractivity contribution in [3.63, 3.8) is 0 Å². The van der Waals surface area contributed by atoms with E-state index >= 15 is 0 Å². The lowest BCUT2D eigenvalue weighted by Gasteiger charge is -2.24. The zero-order valence-electron chi connectivity index (χ0n) is 17.1. The van der Waals surface area contributed by atoms with Crippen molar-refractivity contribution in [2.75, 3.05) is 40.3 Å². The molecule has 0 aliphatic carbocycles. The molecule has 1 saturated heterocycles. The Balaban J connectivity index is 1.81. The molecule has 0 spiro atoms. The van der Waals surface area contributed by atoms with Crippen LogP contribution in [-0.2, 0) is 16.1 Å². The summed E-state index contributed by atoms with van der Waals surface area (Å²) in [5.41, 5.74) is 2.21. The number of guanidine groups is 1. The fourth-order valence-corrected chi connectivity index (χ4v) is 2.98. The highest BCUT2D eigenvalue weighted by atomic mass is 16.5. The highest BCUT2D eigenvalue weighted by Gasteiger charge is 2.14. The number of aliphatic imine (C=N–C) groups is 1. The van der Waals surface area contributed by atoms with Crippen LogP contribution in [0.15, 0.2) is 11.1 Å². The number of ether oxygens (including phenoxy) is 1. The molecule has 0 bridgehead atoms. The van der Waals surface area contributed by atoms with Crippen LogP contribution in [0.25, 0.3) is 0 Å². The molecule has 27 heavy (non-hydrogen) atoms. The summed E-state index contributed by atoms with van der Waals surface area (Å²) in [5, 5.41) is 11.1. The van der Waals surface area contributed by atoms with Crippen LogP contribution in [0, 0.1) is 13.8 Å². The molecule has 2 rings (SSSR count).